The van der Waals surface area contributed by atoms with Crippen molar-refractivity contribution in [3.8, 4) is 0 Å². The van der Waals surface area contributed by atoms with Crippen LogP contribution in [-0.2, 0) is 0 Å². The summed E-state index contributed by atoms with van der Waals surface area (Å²) >= 11 is 0. The zero-order valence-electron chi connectivity index (χ0n) is 12.5. The molecule has 0 amide bonds. The summed E-state index contributed by atoms with van der Waals surface area (Å²) in [4.78, 5) is 1.93. The van der Waals surface area contributed by atoms with Gasteiger partial charge in [0.25, 0.3) is 0 Å². The Kier molecular flexibility index (Phi) is 4.35. The lowest BCUT2D eigenvalue weighted by Gasteiger charge is -2.32. The van der Waals surface area contributed by atoms with Gasteiger partial charge in [-0.2, -0.15) is 0 Å². The molecule has 1 atom stereocenters. The number of rotatable bonds is 4. The molecule has 1 unspecified atom stereocenters. The quantitative estimate of drug-likeness (QED) is 0.892. The predicted molar refractivity (Wildman–Crippen MR) is 78.5 cm³/mol. The number of nitrogens with zero attached hydrogens (tertiary/aromatic N) is 1. The second-order valence-corrected chi connectivity index (χ2v) is 6.12. The molecule has 2 rings (SSSR count). The van der Waals surface area contributed by atoms with Gasteiger partial charge in [-0.15, -0.1) is 0 Å². The Morgan fingerprint density at radius 1 is 1.35 bits per heavy atom. The number of benzene rings is 1. The van der Waals surface area contributed by atoms with Crippen molar-refractivity contribution in [3.63, 3.8) is 0 Å². The first-order valence-electron chi connectivity index (χ1n) is 7.24. The third-order valence-corrected chi connectivity index (χ3v) is 4.24. The van der Waals surface area contributed by atoms with E-state index < -0.39 is 11.7 Å². The molecule has 0 bridgehead atoms. The largest absolute Gasteiger partial charge is 0.389 e. The summed E-state index contributed by atoms with van der Waals surface area (Å²) in [6, 6.07) is 3.14. The highest BCUT2D eigenvalue weighted by Gasteiger charge is 2.33. The fraction of sp³-hybridized carbons (Fsp3) is 0.625. The van der Waals surface area contributed by atoms with E-state index in [-0.39, 0.29) is 5.82 Å². The molecule has 0 saturated heterocycles. The van der Waals surface area contributed by atoms with Crippen LogP contribution in [0.4, 0.5) is 10.1 Å². The lowest BCUT2D eigenvalue weighted by Crippen LogP contribution is -2.39. The second kappa shape index (κ2) is 5.70. The van der Waals surface area contributed by atoms with E-state index in [2.05, 4.69) is 0 Å². The van der Waals surface area contributed by atoms with Crippen molar-refractivity contribution in [1.82, 2.24) is 0 Å². The van der Waals surface area contributed by atoms with Crippen LogP contribution in [-0.4, -0.2) is 29.4 Å². The average molecular weight is 281 g/mol. The number of likely N-dealkylation sites (N-methyl/N-ethyl adjacent to an activating group) is 1. The number of halogens is 1. The number of hydrogen-bond donors (Lipinski definition) is 2. The van der Waals surface area contributed by atoms with Gasteiger partial charge in [0.2, 0.25) is 0 Å². The number of anilines is 1. The molecule has 1 saturated carbocycles. The normalized spacial score (nSPS) is 19.1. The molecule has 2 N–H and O–H groups in total. The van der Waals surface area contributed by atoms with Gasteiger partial charge in [0.05, 0.1) is 11.7 Å². The van der Waals surface area contributed by atoms with Gasteiger partial charge >= 0.3 is 0 Å². The first kappa shape index (κ1) is 15.3. The highest BCUT2D eigenvalue weighted by atomic mass is 19.1. The molecule has 0 aromatic heterocycles. The molecule has 1 aromatic carbocycles. The van der Waals surface area contributed by atoms with Crippen LogP contribution in [0.3, 0.4) is 0 Å². The van der Waals surface area contributed by atoms with Crippen molar-refractivity contribution in [1.29, 1.82) is 0 Å². The maximum absolute atomic E-state index is 13.7. The van der Waals surface area contributed by atoms with Gasteiger partial charge in [0, 0.05) is 24.8 Å². The van der Waals surface area contributed by atoms with Crippen LogP contribution < -0.4 is 4.90 Å². The first-order valence-corrected chi connectivity index (χ1v) is 7.24. The monoisotopic (exact) mass is 281 g/mol. The van der Waals surface area contributed by atoms with E-state index in [0.29, 0.717) is 17.7 Å². The minimum atomic E-state index is -0.735. The topological polar surface area (TPSA) is 43.7 Å². The number of aliphatic hydroxyl groups is 2. The smallest absolute Gasteiger partial charge is 0.126 e. The lowest BCUT2D eigenvalue weighted by molar-refractivity contribution is 0.0558. The van der Waals surface area contributed by atoms with Gasteiger partial charge in [-0.3, -0.25) is 0 Å². The molecule has 112 valence electrons. The van der Waals surface area contributed by atoms with E-state index in [9.17, 15) is 14.6 Å². The number of aryl methyl sites for hydroxylation is 1. The number of hydrogen-bond acceptors (Lipinski definition) is 3. The Morgan fingerprint density at radius 3 is 2.50 bits per heavy atom. The zero-order chi connectivity index (χ0) is 14.9. The van der Waals surface area contributed by atoms with Crippen molar-refractivity contribution in [2.75, 3.05) is 18.5 Å². The third-order valence-electron chi connectivity index (χ3n) is 4.24. The first-order chi connectivity index (χ1) is 9.32. The molecule has 20 heavy (non-hydrogen) atoms. The van der Waals surface area contributed by atoms with Crippen molar-refractivity contribution >= 4 is 5.69 Å². The van der Waals surface area contributed by atoms with Gasteiger partial charge < -0.3 is 15.1 Å². The summed E-state index contributed by atoms with van der Waals surface area (Å²) in [5.41, 5.74) is 1.25. The summed E-state index contributed by atoms with van der Waals surface area (Å²) in [5.74, 6) is -0.308. The minimum absolute atomic E-state index is 0.308. The fourth-order valence-electron chi connectivity index (χ4n) is 3.06. The van der Waals surface area contributed by atoms with Crippen molar-refractivity contribution < 1.29 is 14.6 Å². The van der Waals surface area contributed by atoms with Gasteiger partial charge in [0.15, 0.2) is 0 Å². The van der Waals surface area contributed by atoms with Gasteiger partial charge in [-0.25, -0.2) is 4.39 Å². The highest BCUT2D eigenvalue weighted by Crippen LogP contribution is 2.34. The van der Waals surface area contributed by atoms with E-state index in [0.717, 1.165) is 31.4 Å². The van der Waals surface area contributed by atoms with Crippen molar-refractivity contribution in [2.45, 2.75) is 51.2 Å². The summed E-state index contributed by atoms with van der Waals surface area (Å²) in [7, 11) is 1.88. The van der Waals surface area contributed by atoms with Crippen molar-refractivity contribution in [3.05, 3.63) is 29.1 Å². The van der Waals surface area contributed by atoms with Crippen molar-refractivity contribution in [2.24, 2.45) is 0 Å². The summed E-state index contributed by atoms with van der Waals surface area (Å²) < 4.78 is 13.7. The fourth-order valence-corrected chi connectivity index (χ4v) is 3.06. The lowest BCUT2D eigenvalue weighted by atomic mass is 9.99. The van der Waals surface area contributed by atoms with Gasteiger partial charge in [0.1, 0.15) is 5.82 Å². The maximum atomic E-state index is 13.7. The third kappa shape index (κ3) is 3.13. The molecule has 1 aromatic rings. The number of aliphatic hydroxyl groups excluding tert-OH is 1. The Bertz CT molecular complexity index is 482. The summed E-state index contributed by atoms with van der Waals surface area (Å²) in [6.07, 6.45) is 2.98. The van der Waals surface area contributed by atoms with Crippen LogP contribution in [0.15, 0.2) is 12.1 Å². The van der Waals surface area contributed by atoms with E-state index >= 15 is 0 Å². The molecule has 0 spiro atoms. The van der Waals surface area contributed by atoms with Crippen LogP contribution >= 0.6 is 0 Å². The molecule has 4 heteroatoms. The van der Waals surface area contributed by atoms with E-state index in [1.54, 1.807) is 19.9 Å². The predicted octanol–water partition coefficient (Wildman–Crippen LogP) is 2.93. The Morgan fingerprint density at radius 2 is 1.95 bits per heavy atom. The Balaban J connectivity index is 2.28. The van der Waals surface area contributed by atoms with Crippen LogP contribution in [0.2, 0.25) is 0 Å². The molecule has 1 aliphatic carbocycles. The molecule has 3 nitrogen and oxygen atoms in total. The second-order valence-electron chi connectivity index (χ2n) is 6.12. The standard InChI is InChI=1S/C16H24FNO2/c1-11-8-15(13(12(2)19)9-14(11)17)18(3)10-16(20)6-4-5-7-16/h8-9,12,19-20H,4-7,10H2,1-3H3. The van der Waals surface area contributed by atoms with Crippen LogP contribution in [0.5, 0.6) is 0 Å². The molecule has 1 aliphatic rings. The van der Waals surface area contributed by atoms with Crippen LogP contribution in [0, 0.1) is 12.7 Å². The molecule has 0 aliphatic heterocycles. The Labute approximate surface area is 120 Å². The van der Waals surface area contributed by atoms with Gasteiger partial charge in [-0.05, 0) is 44.4 Å². The maximum Gasteiger partial charge on any atom is 0.126 e. The molecule has 1 fully saturated rings. The summed E-state index contributed by atoms with van der Waals surface area (Å²) in [6.45, 7) is 3.85. The SMILES string of the molecule is Cc1cc(N(C)CC2(O)CCCC2)c(C(C)O)cc1F. The highest BCUT2D eigenvalue weighted by molar-refractivity contribution is 5.56. The van der Waals surface area contributed by atoms with E-state index in [4.69, 9.17) is 0 Å². The van der Waals surface area contributed by atoms with Crippen LogP contribution in [0.1, 0.15) is 49.8 Å². The van der Waals surface area contributed by atoms with E-state index in [1.807, 2.05) is 11.9 Å². The van der Waals surface area contributed by atoms with E-state index in [1.165, 1.54) is 6.07 Å². The van der Waals surface area contributed by atoms with Gasteiger partial charge in [-0.1, -0.05) is 12.8 Å². The molecular weight excluding hydrogens is 257 g/mol. The molecule has 0 radical (unpaired) electrons. The Hall–Kier alpha value is -1.13. The average Bonchev–Trinajstić information content (AvgIpc) is 2.78. The molecule has 0 heterocycles. The summed E-state index contributed by atoms with van der Waals surface area (Å²) in [5, 5.41) is 20.3. The van der Waals surface area contributed by atoms with Crippen LogP contribution in [0.25, 0.3) is 0 Å². The molecular formula is C16H24FNO2. The zero-order valence-corrected chi connectivity index (χ0v) is 12.5. The minimum Gasteiger partial charge on any atom is -0.389 e.